The summed E-state index contributed by atoms with van der Waals surface area (Å²) in [6, 6.07) is 0. The number of carboxylic acids is 1. The zero-order chi connectivity index (χ0) is 8.69. The summed E-state index contributed by atoms with van der Waals surface area (Å²) in [6.07, 6.45) is 4.05. The van der Waals surface area contributed by atoms with E-state index in [1.165, 1.54) is 0 Å². The van der Waals surface area contributed by atoms with E-state index in [-0.39, 0.29) is 0 Å². The van der Waals surface area contributed by atoms with Crippen molar-refractivity contribution in [1.82, 2.24) is 4.98 Å². The number of aliphatic hydroxyl groups is 1. The summed E-state index contributed by atoms with van der Waals surface area (Å²) < 4.78 is 0. The molecule has 62 valence electrons. The van der Waals surface area contributed by atoms with Crippen molar-refractivity contribution >= 4 is 5.97 Å². The second-order valence-electron chi connectivity index (χ2n) is 1.81. The van der Waals surface area contributed by atoms with Crippen LogP contribution in [0.3, 0.4) is 0 Å². The first kappa shape index (κ1) is 9.64. The van der Waals surface area contributed by atoms with Gasteiger partial charge in [0.25, 0.3) is 0 Å². The van der Waals surface area contributed by atoms with Gasteiger partial charge in [-0.15, -0.1) is 0 Å². The summed E-state index contributed by atoms with van der Waals surface area (Å²) in [7, 11) is 0. The predicted molar refractivity (Wildman–Crippen MR) is 34.0 cm³/mol. The highest BCUT2D eigenvalue weighted by atomic mass is 16.4. The Kier molecular flexibility index (Phi) is 4.76. The van der Waals surface area contributed by atoms with Crippen molar-refractivity contribution in [2.75, 3.05) is 0 Å². The molecule has 3 N–H and O–H groups in total. The number of hydrogen-bond donors (Lipinski definition) is 2. The Hall–Kier alpha value is -1.36. The van der Waals surface area contributed by atoms with E-state index < -0.39 is 12.1 Å². The Labute approximate surface area is 63.7 Å². The van der Waals surface area contributed by atoms with Gasteiger partial charge in [-0.1, -0.05) is 0 Å². The molecule has 0 spiro atoms. The summed E-state index contributed by atoms with van der Waals surface area (Å²) in [5.74, 6) is -1.44. The lowest BCUT2D eigenvalue weighted by atomic mass is 10.4. The zero-order valence-electron chi connectivity index (χ0n) is 6.07. The Morgan fingerprint density at radius 3 is 2.45 bits per heavy atom. The summed E-state index contributed by atoms with van der Waals surface area (Å²) in [5.41, 5.74) is 0. The van der Waals surface area contributed by atoms with Gasteiger partial charge in [-0.25, -0.2) is 0 Å². The number of carbonyl (C=O) groups excluding carboxylic acids is 1. The van der Waals surface area contributed by atoms with E-state index in [0.29, 0.717) is 0 Å². The lowest BCUT2D eigenvalue weighted by Gasteiger charge is -2.00. The highest BCUT2D eigenvalue weighted by Gasteiger charge is 1.89. The molecule has 1 unspecified atom stereocenters. The van der Waals surface area contributed by atoms with Crippen LogP contribution in [0.15, 0.2) is 18.7 Å². The second kappa shape index (κ2) is 5.43. The number of carboxylic acid groups (broad SMARTS) is 1. The maximum absolute atomic E-state index is 9.34. The highest BCUT2D eigenvalue weighted by molar-refractivity contribution is 5.68. The molecule has 0 aliphatic heterocycles. The van der Waals surface area contributed by atoms with Gasteiger partial charge < -0.3 is 15.0 Å². The van der Waals surface area contributed by atoms with Crippen molar-refractivity contribution in [3.05, 3.63) is 18.7 Å². The van der Waals surface area contributed by atoms with Crippen molar-refractivity contribution in [2.24, 2.45) is 0 Å². The molecule has 1 aromatic heterocycles. The van der Waals surface area contributed by atoms with E-state index in [1.807, 2.05) is 12.4 Å². The number of aromatic amines is 2. The average Bonchev–Trinajstić information content (AvgIpc) is 2.41. The van der Waals surface area contributed by atoms with E-state index in [9.17, 15) is 9.90 Å². The van der Waals surface area contributed by atoms with Gasteiger partial charge in [0.05, 0.1) is 12.1 Å². The highest BCUT2D eigenvalue weighted by Crippen LogP contribution is 1.69. The summed E-state index contributed by atoms with van der Waals surface area (Å²) in [6.45, 7) is 1.13. The third-order valence-corrected chi connectivity index (χ3v) is 0.784. The van der Waals surface area contributed by atoms with Crippen LogP contribution in [-0.2, 0) is 4.79 Å². The molecular formula is C6H10N2O3. The van der Waals surface area contributed by atoms with E-state index in [1.54, 1.807) is 6.33 Å². The maximum Gasteiger partial charge on any atom is 0.239 e. The van der Waals surface area contributed by atoms with Gasteiger partial charge in [0.2, 0.25) is 6.33 Å². The minimum atomic E-state index is -1.44. The lowest BCUT2D eigenvalue weighted by Crippen LogP contribution is -2.32. The molecule has 0 aromatic carbocycles. The minimum absolute atomic E-state index is 1.13. The fourth-order valence-corrected chi connectivity index (χ4v) is 0.241. The van der Waals surface area contributed by atoms with Crippen LogP contribution in [0.4, 0.5) is 0 Å². The van der Waals surface area contributed by atoms with Crippen LogP contribution in [0, 0.1) is 0 Å². The molecule has 0 amide bonds. The molecule has 11 heavy (non-hydrogen) atoms. The number of carbonyl (C=O) groups is 1. The minimum Gasteiger partial charge on any atom is -0.547 e. The van der Waals surface area contributed by atoms with Gasteiger partial charge in [0.1, 0.15) is 12.4 Å². The third kappa shape index (κ3) is 6.53. The Balaban J connectivity index is 0.000000183. The Morgan fingerprint density at radius 1 is 1.82 bits per heavy atom. The molecule has 0 saturated carbocycles. The first-order valence-corrected chi connectivity index (χ1v) is 3.02. The Bertz CT molecular complexity index is 166. The molecule has 0 radical (unpaired) electrons. The monoisotopic (exact) mass is 158 g/mol. The maximum atomic E-state index is 9.34. The standard InChI is InChI=1S/C3H4N2.C3H6O3/c1-2-5-3-4-1;1-2(4)3(5)6/h1-3H,(H,4,5);2,4H,1H3,(H,5,6). The van der Waals surface area contributed by atoms with Crippen LogP contribution in [-0.4, -0.2) is 22.2 Å². The lowest BCUT2D eigenvalue weighted by molar-refractivity contribution is -0.375. The number of rotatable bonds is 1. The molecule has 0 aliphatic rings. The van der Waals surface area contributed by atoms with Crippen LogP contribution in [0.2, 0.25) is 0 Å². The van der Waals surface area contributed by atoms with Crippen molar-refractivity contribution in [3.8, 4) is 0 Å². The van der Waals surface area contributed by atoms with Gasteiger partial charge in [-0.05, 0) is 6.92 Å². The van der Waals surface area contributed by atoms with Gasteiger partial charge in [-0.2, -0.15) is 0 Å². The fraction of sp³-hybridized carbons (Fsp3) is 0.333. The van der Waals surface area contributed by atoms with Crippen LogP contribution >= 0.6 is 0 Å². The van der Waals surface area contributed by atoms with Crippen LogP contribution in [0.25, 0.3) is 0 Å². The van der Waals surface area contributed by atoms with E-state index in [4.69, 9.17) is 5.11 Å². The van der Waals surface area contributed by atoms with Gasteiger partial charge in [-0.3, -0.25) is 9.97 Å². The van der Waals surface area contributed by atoms with Crippen molar-refractivity contribution in [3.63, 3.8) is 0 Å². The SMILES string of the molecule is CC(O)C(=O)[O-].c1c[nH+]c[nH]1. The third-order valence-electron chi connectivity index (χ3n) is 0.784. The number of imidazole rings is 1. The average molecular weight is 158 g/mol. The van der Waals surface area contributed by atoms with Crippen molar-refractivity contribution in [1.29, 1.82) is 0 Å². The quantitative estimate of drug-likeness (QED) is 0.492. The Morgan fingerprint density at radius 2 is 2.36 bits per heavy atom. The zero-order valence-corrected chi connectivity index (χ0v) is 6.07. The van der Waals surface area contributed by atoms with E-state index in [2.05, 4.69) is 9.97 Å². The molecule has 1 aromatic rings. The van der Waals surface area contributed by atoms with E-state index in [0.717, 1.165) is 6.92 Å². The fourth-order valence-electron chi connectivity index (χ4n) is 0.241. The number of H-pyrrole nitrogens is 2. The molecule has 1 rings (SSSR count). The molecule has 0 aliphatic carbocycles. The molecular weight excluding hydrogens is 148 g/mol. The largest absolute Gasteiger partial charge is 0.547 e. The molecule has 0 bridgehead atoms. The first-order valence-electron chi connectivity index (χ1n) is 3.02. The predicted octanol–water partition coefficient (Wildman–Crippen LogP) is -2.05. The van der Waals surface area contributed by atoms with Gasteiger partial charge in [0.15, 0.2) is 0 Å². The number of aliphatic carboxylic acids is 1. The molecule has 5 nitrogen and oxygen atoms in total. The molecule has 1 atom stereocenters. The summed E-state index contributed by atoms with van der Waals surface area (Å²) >= 11 is 0. The van der Waals surface area contributed by atoms with Crippen LogP contribution < -0.4 is 10.1 Å². The number of aromatic nitrogens is 2. The van der Waals surface area contributed by atoms with E-state index >= 15 is 0 Å². The van der Waals surface area contributed by atoms with Gasteiger partial charge in [0, 0.05) is 0 Å². The normalized spacial score (nSPS) is 11.1. The van der Waals surface area contributed by atoms with Crippen molar-refractivity contribution in [2.45, 2.75) is 13.0 Å². The molecule has 0 saturated heterocycles. The molecule has 5 heteroatoms. The smallest absolute Gasteiger partial charge is 0.239 e. The first-order chi connectivity index (χ1) is 5.14. The number of nitrogens with one attached hydrogen (secondary N) is 2. The summed E-state index contributed by atoms with van der Waals surface area (Å²) in [4.78, 5) is 14.9. The number of aliphatic hydroxyl groups excluding tert-OH is 1. The van der Waals surface area contributed by atoms with Crippen LogP contribution in [0.5, 0.6) is 0 Å². The molecule has 0 fully saturated rings. The van der Waals surface area contributed by atoms with Gasteiger partial charge >= 0.3 is 0 Å². The van der Waals surface area contributed by atoms with Crippen molar-refractivity contribution < 1.29 is 20.0 Å². The van der Waals surface area contributed by atoms with Crippen LogP contribution in [0.1, 0.15) is 6.92 Å². The summed E-state index contributed by atoms with van der Waals surface area (Å²) in [5, 5.41) is 17.3. The number of hydrogen-bond acceptors (Lipinski definition) is 3. The topological polar surface area (TPSA) is 90.3 Å². The molecule has 1 heterocycles. The second-order valence-corrected chi connectivity index (χ2v) is 1.81.